The minimum absolute atomic E-state index is 0.197. The monoisotopic (exact) mass is 248 g/mol. The van der Waals surface area contributed by atoms with Crippen LogP contribution in [0.25, 0.3) is 0 Å². The maximum atomic E-state index is 4.42. The normalized spacial score (nSPS) is 12.8. The minimum atomic E-state index is 0.197. The van der Waals surface area contributed by atoms with Gasteiger partial charge in [0.05, 0.1) is 23.8 Å². The van der Waals surface area contributed by atoms with Crippen molar-refractivity contribution >= 4 is 0 Å². The zero-order valence-electron chi connectivity index (χ0n) is 11.2. The summed E-state index contributed by atoms with van der Waals surface area (Å²) in [5.41, 5.74) is 2.04. The molecule has 2 heterocycles. The second kappa shape index (κ2) is 5.77. The maximum Gasteiger partial charge on any atom is 0.0947 e. The minimum Gasteiger partial charge on any atom is -0.340 e. The summed E-state index contributed by atoms with van der Waals surface area (Å²) in [6, 6.07) is 0.197. The van der Waals surface area contributed by atoms with Crippen molar-refractivity contribution in [3.05, 3.63) is 30.1 Å². The van der Waals surface area contributed by atoms with Crippen LogP contribution in [0.2, 0.25) is 0 Å². The van der Waals surface area contributed by atoms with Crippen LogP contribution in [-0.2, 0) is 20.5 Å². The lowest BCUT2D eigenvalue weighted by atomic mass is 10.1. The highest BCUT2D eigenvalue weighted by Crippen LogP contribution is 2.15. The third-order valence-corrected chi connectivity index (χ3v) is 2.79. The van der Waals surface area contributed by atoms with Crippen LogP contribution in [0.3, 0.4) is 0 Å². The van der Waals surface area contributed by atoms with Gasteiger partial charge in [0.2, 0.25) is 0 Å². The van der Waals surface area contributed by atoms with Crippen LogP contribution in [-0.4, -0.2) is 31.1 Å². The van der Waals surface area contributed by atoms with Crippen molar-refractivity contribution in [2.45, 2.75) is 25.8 Å². The molecule has 1 atom stereocenters. The second-order valence-corrected chi connectivity index (χ2v) is 4.56. The Labute approximate surface area is 107 Å². The van der Waals surface area contributed by atoms with Gasteiger partial charge in [-0.25, -0.2) is 4.98 Å². The Morgan fingerprint density at radius 3 is 2.72 bits per heavy atom. The van der Waals surface area contributed by atoms with Crippen LogP contribution in [0.4, 0.5) is 0 Å². The number of aromatic nitrogens is 5. The van der Waals surface area contributed by atoms with Gasteiger partial charge in [0.15, 0.2) is 0 Å². The van der Waals surface area contributed by atoms with E-state index in [9.17, 15) is 0 Å². The number of imidazole rings is 1. The molecule has 0 aliphatic heterocycles. The van der Waals surface area contributed by atoms with Gasteiger partial charge < -0.3 is 9.88 Å². The van der Waals surface area contributed by atoms with Crippen LogP contribution in [0.1, 0.15) is 30.8 Å². The van der Waals surface area contributed by atoms with Crippen molar-refractivity contribution in [1.82, 2.24) is 29.9 Å². The van der Waals surface area contributed by atoms with E-state index >= 15 is 0 Å². The molecule has 0 aliphatic carbocycles. The Morgan fingerprint density at radius 2 is 2.17 bits per heavy atom. The first-order valence-electron chi connectivity index (χ1n) is 6.25. The lowest BCUT2D eigenvalue weighted by Gasteiger charge is -2.14. The molecule has 0 amide bonds. The van der Waals surface area contributed by atoms with Crippen molar-refractivity contribution in [1.29, 1.82) is 0 Å². The predicted octanol–water partition coefficient (Wildman–Crippen LogP) is 0.832. The fraction of sp³-hybridized carbons (Fsp3) is 0.583. The van der Waals surface area contributed by atoms with E-state index in [-0.39, 0.29) is 6.04 Å². The number of nitrogens with zero attached hydrogens (tertiary/aromatic N) is 5. The first-order chi connectivity index (χ1) is 8.69. The first kappa shape index (κ1) is 12.8. The van der Waals surface area contributed by atoms with Crippen molar-refractivity contribution in [2.75, 3.05) is 6.54 Å². The summed E-state index contributed by atoms with van der Waals surface area (Å²) in [6.45, 7) is 3.13. The topological polar surface area (TPSA) is 60.6 Å². The average Bonchev–Trinajstić information content (AvgIpc) is 2.93. The fourth-order valence-electron chi connectivity index (χ4n) is 1.91. The lowest BCUT2D eigenvalue weighted by Crippen LogP contribution is -2.24. The van der Waals surface area contributed by atoms with Gasteiger partial charge in [-0.1, -0.05) is 12.1 Å². The van der Waals surface area contributed by atoms with E-state index in [0.717, 1.165) is 30.8 Å². The number of hydrogen-bond acceptors (Lipinski definition) is 4. The van der Waals surface area contributed by atoms with E-state index < -0.39 is 0 Å². The van der Waals surface area contributed by atoms with Crippen LogP contribution in [0, 0.1) is 0 Å². The molecule has 1 unspecified atom stereocenters. The molecule has 98 valence electrons. The van der Waals surface area contributed by atoms with E-state index in [2.05, 4.69) is 27.5 Å². The zero-order chi connectivity index (χ0) is 13.0. The third kappa shape index (κ3) is 3.16. The number of rotatable bonds is 6. The standard InChI is InChI=1S/C12H20N6/c1-4-5-13-11(12-8-17(2)9-14-12)6-10-7-18(3)16-15-10/h7-9,11,13H,4-6H2,1-3H3. The van der Waals surface area contributed by atoms with E-state index in [0.29, 0.717) is 0 Å². The highest BCUT2D eigenvalue weighted by atomic mass is 15.4. The summed E-state index contributed by atoms with van der Waals surface area (Å²) in [7, 11) is 3.86. The predicted molar refractivity (Wildman–Crippen MR) is 68.9 cm³/mol. The van der Waals surface area contributed by atoms with Crippen molar-refractivity contribution in [2.24, 2.45) is 14.1 Å². The van der Waals surface area contributed by atoms with Gasteiger partial charge in [0.25, 0.3) is 0 Å². The molecule has 1 N–H and O–H groups in total. The van der Waals surface area contributed by atoms with E-state index in [1.807, 2.05) is 37.4 Å². The van der Waals surface area contributed by atoms with Crippen molar-refractivity contribution in [3.8, 4) is 0 Å². The Bertz CT molecular complexity index is 486. The largest absolute Gasteiger partial charge is 0.340 e. The molecule has 2 aromatic rings. The van der Waals surface area contributed by atoms with Crippen LogP contribution in [0.15, 0.2) is 18.7 Å². The smallest absolute Gasteiger partial charge is 0.0947 e. The molecule has 0 bridgehead atoms. The first-order valence-corrected chi connectivity index (χ1v) is 6.25. The second-order valence-electron chi connectivity index (χ2n) is 4.56. The van der Waals surface area contributed by atoms with Crippen LogP contribution in [0.5, 0.6) is 0 Å². The Hall–Kier alpha value is -1.69. The SMILES string of the molecule is CCCNC(Cc1cn(C)nn1)c1cn(C)cn1. The molecule has 18 heavy (non-hydrogen) atoms. The molecule has 0 saturated heterocycles. The Balaban J connectivity index is 2.09. The van der Waals surface area contributed by atoms with Gasteiger partial charge in [0, 0.05) is 32.9 Å². The molecule has 0 aliphatic rings. The molecule has 0 fully saturated rings. The van der Waals surface area contributed by atoms with Gasteiger partial charge in [-0.2, -0.15) is 0 Å². The molecular weight excluding hydrogens is 228 g/mol. The van der Waals surface area contributed by atoms with E-state index in [1.165, 1.54) is 0 Å². The third-order valence-electron chi connectivity index (χ3n) is 2.79. The van der Waals surface area contributed by atoms with Crippen LogP contribution >= 0.6 is 0 Å². The van der Waals surface area contributed by atoms with Crippen molar-refractivity contribution in [3.63, 3.8) is 0 Å². The van der Waals surface area contributed by atoms with Crippen molar-refractivity contribution < 1.29 is 0 Å². The van der Waals surface area contributed by atoms with Gasteiger partial charge in [-0.15, -0.1) is 5.10 Å². The van der Waals surface area contributed by atoms with E-state index in [4.69, 9.17) is 0 Å². The van der Waals surface area contributed by atoms with E-state index in [1.54, 1.807) is 4.68 Å². The maximum absolute atomic E-state index is 4.42. The number of hydrogen-bond donors (Lipinski definition) is 1. The quantitative estimate of drug-likeness (QED) is 0.822. The van der Waals surface area contributed by atoms with Crippen LogP contribution < -0.4 is 5.32 Å². The highest BCUT2D eigenvalue weighted by molar-refractivity contribution is 5.08. The zero-order valence-corrected chi connectivity index (χ0v) is 11.2. The molecule has 2 rings (SSSR count). The molecular formula is C12H20N6. The number of nitrogens with one attached hydrogen (secondary N) is 1. The van der Waals surface area contributed by atoms with Gasteiger partial charge in [-0.05, 0) is 13.0 Å². The molecule has 0 spiro atoms. The van der Waals surface area contributed by atoms with Gasteiger partial charge in [-0.3, -0.25) is 4.68 Å². The van der Waals surface area contributed by atoms with Gasteiger partial charge >= 0.3 is 0 Å². The fourth-order valence-corrected chi connectivity index (χ4v) is 1.91. The molecule has 0 radical (unpaired) electrons. The summed E-state index contributed by atoms with van der Waals surface area (Å²) >= 11 is 0. The molecule has 2 aromatic heterocycles. The average molecular weight is 248 g/mol. The highest BCUT2D eigenvalue weighted by Gasteiger charge is 2.15. The summed E-state index contributed by atoms with van der Waals surface area (Å²) in [5, 5.41) is 11.6. The summed E-state index contributed by atoms with van der Waals surface area (Å²) in [4.78, 5) is 4.42. The molecule has 6 nitrogen and oxygen atoms in total. The summed E-state index contributed by atoms with van der Waals surface area (Å²) < 4.78 is 3.69. The number of aryl methyl sites for hydroxylation is 2. The molecule has 6 heteroatoms. The Morgan fingerprint density at radius 1 is 1.33 bits per heavy atom. The van der Waals surface area contributed by atoms with Gasteiger partial charge in [0.1, 0.15) is 0 Å². The summed E-state index contributed by atoms with van der Waals surface area (Å²) in [5.74, 6) is 0. The lowest BCUT2D eigenvalue weighted by molar-refractivity contribution is 0.514. The Kier molecular flexibility index (Phi) is 4.09. The summed E-state index contributed by atoms with van der Waals surface area (Å²) in [6.07, 6.45) is 7.73. The molecule has 0 saturated carbocycles. The molecule has 0 aromatic carbocycles.